The summed E-state index contributed by atoms with van der Waals surface area (Å²) in [6.45, 7) is 4.56. The second kappa shape index (κ2) is 9.42. The van der Waals surface area contributed by atoms with Crippen LogP contribution in [0.3, 0.4) is 0 Å². The fourth-order valence-electron chi connectivity index (χ4n) is 5.01. The lowest BCUT2D eigenvalue weighted by atomic mass is 9.94. The van der Waals surface area contributed by atoms with E-state index in [0.29, 0.717) is 31.0 Å². The Morgan fingerprint density at radius 3 is 2.78 bits per heavy atom. The summed E-state index contributed by atoms with van der Waals surface area (Å²) in [7, 11) is 2.11. The highest BCUT2D eigenvalue weighted by Gasteiger charge is 2.34. The first kappa shape index (κ1) is 21.2. The Morgan fingerprint density at radius 1 is 1.16 bits per heavy atom. The summed E-state index contributed by atoms with van der Waals surface area (Å²) in [5.74, 6) is 0.958. The molecule has 0 spiro atoms. The minimum Gasteiger partial charge on any atom is -0.381 e. The van der Waals surface area contributed by atoms with Crippen molar-refractivity contribution in [2.45, 2.75) is 43.8 Å². The van der Waals surface area contributed by atoms with Crippen LogP contribution in [-0.4, -0.2) is 77.8 Å². The summed E-state index contributed by atoms with van der Waals surface area (Å²) in [6.07, 6.45) is 4.63. The van der Waals surface area contributed by atoms with Gasteiger partial charge in [-0.1, -0.05) is 30.3 Å². The maximum atomic E-state index is 13.2. The van der Waals surface area contributed by atoms with Crippen molar-refractivity contribution < 1.29 is 9.53 Å². The fraction of sp³-hybridized carbons (Fsp3) is 0.542. The summed E-state index contributed by atoms with van der Waals surface area (Å²) in [5.41, 5.74) is 3.36. The van der Waals surface area contributed by atoms with Crippen molar-refractivity contribution in [3.63, 3.8) is 0 Å². The molecule has 2 N–H and O–H groups in total. The first-order valence-electron chi connectivity index (χ1n) is 11.6. The topological polar surface area (TPSA) is 82.6 Å². The SMILES string of the molecule is CN1C[C@H](c2ccccc2)[C@H](NC(=O)N2CCc3cnc(NC4CCOCC4)nc3C2)C1. The second-order valence-corrected chi connectivity index (χ2v) is 9.16. The molecule has 32 heavy (non-hydrogen) atoms. The molecule has 8 heteroatoms. The van der Waals surface area contributed by atoms with E-state index in [1.54, 1.807) is 0 Å². The van der Waals surface area contributed by atoms with Crippen molar-refractivity contribution in [2.24, 2.45) is 0 Å². The molecule has 3 aliphatic heterocycles. The third-order valence-electron chi connectivity index (χ3n) is 6.83. The number of aromatic nitrogens is 2. The normalized spacial score (nSPS) is 24.2. The van der Waals surface area contributed by atoms with Gasteiger partial charge in [0.2, 0.25) is 5.95 Å². The third kappa shape index (κ3) is 4.71. The maximum absolute atomic E-state index is 13.2. The minimum atomic E-state index is -0.00516. The molecule has 0 aliphatic carbocycles. The molecule has 5 rings (SSSR count). The number of carbonyl (C=O) groups excluding carboxylic acids is 1. The van der Waals surface area contributed by atoms with Gasteiger partial charge in [0.15, 0.2) is 0 Å². The number of nitrogens with zero attached hydrogens (tertiary/aromatic N) is 4. The number of anilines is 1. The highest BCUT2D eigenvalue weighted by Crippen LogP contribution is 2.27. The van der Waals surface area contributed by atoms with E-state index >= 15 is 0 Å². The summed E-state index contributed by atoms with van der Waals surface area (Å²) >= 11 is 0. The lowest BCUT2D eigenvalue weighted by molar-refractivity contribution is 0.0903. The smallest absolute Gasteiger partial charge is 0.318 e. The van der Waals surface area contributed by atoms with Gasteiger partial charge in [-0.2, -0.15) is 0 Å². The molecule has 2 fully saturated rings. The highest BCUT2D eigenvalue weighted by molar-refractivity contribution is 5.75. The van der Waals surface area contributed by atoms with Crippen molar-refractivity contribution in [1.29, 1.82) is 0 Å². The number of carbonyl (C=O) groups is 1. The van der Waals surface area contributed by atoms with Crippen LogP contribution in [0.25, 0.3) is 0 Å². The van der Waals surface area contributed by atoms with Crippen molar-refractivity contribution in [3.8, 4) is 0 Å². The number of rotatable bonds is 4. The van der Waals surface area contributed by atoms with Crippen LogP contribution in [0, 0.1) is 0 Å². The Bertz CT molecular complexity index is 933. The van der Waals surface area contributed by atoms with Crippen LogP contribution in [0.1, 0.15) is 35.6 Å². The Balaban J connectivity index is 1.23. The first-order chi connectivity index (χ1) is 15.7. The van der Waals surface area contributed by atoms with Crippen LogP contribution in [0.2, 0.25) is 0 Å². The minimum absolute atomic E-state index is 0.00516. The van der Waals surface area contributed by atoms with E-state index in [9.17, 15) is 4.79 Å². The Labute approximate surface area is 189 Å². The lowest BCUT2D eigenvalue weighted by Gasteiger charge is -2.31. The van der Waals surface area contributed by atoms with E-state index in [0.717, 1.165) is 56.8 Å². The van der Waals surface area contributed by atoms with Crippen LogP contribution in [0.5, 0.6) is 0 Å². The molecule has 2 atom stereocenters. The monoisotopic (exact) mass is 436 g/mol. The molecule has 1 aromatic carbocycles. The summed E-state index contributed by atoms with van der Waals surface area (Å²) < 4.78 is 5.43. The summed E-state index contributed by atoms with van der Waals surface area (Å²) in [5, 5.41) is 6.75. The third-order valence-corrected chi connectivity index (χ3v) is 6.83. The molecule has 2 saturated heterocycles. The first-order valence-corrected chi connectivity index (χ1v) is 11.6. The van der Waals surface area contributed by atoms with Gasteiger partial charge >= 0.3 is 6.03 Å². The Morgan fingerprint density at radius 2 is 1.97 bits per heavy atom. The zero-order valence-electron chi connectivity index (χ0n) is 18.7. The predicted octanol–water partition coefficient (Wildman–Crippen LogP) is 2.23. The molecule has 0 saturated carbocycles. The van der Waals surface area contributed by atoms with Crippen molar-refractivity contribution in [1.82, 2.24) is 25.1 Å². The number of nitrogens with one attached hydrogen (secondary N) is 2. The number of urea groups is 1. The number of likely N-dealkylation sites (tertiary alicyclic amines) is 1. The number of hydrogen-bond acceptors (Lipinski definition) is 6. The standard InChI is InChI=1S/C24H32N6O2/c1-29-14-20(17-5-3-2-4-6-17)22(15-29)28-24(31)30-10-7-18-13-25-23(27-21(18)16-30)26-19-8-11-32-12-9-19/h2-6,13,19-20,22H,7-12,14-16H2,1H3,(H,28,31)(H,25,26,27)/t20-,22-/m1/s1. The van der Waals surface area contributed by atoms with E-state index < -0.39 is 0 Å². The second-order valence-electron chi connectivity index (χ2n) is 9.16. The van der Waals surface area contributed by atoms with E-state index in [-0.39, 0.29) is 12.1 Å². The molecule has 2 amide bonds. The number of fused-ring (bicyclic) bond motifs is 1. The number of amides is 2. The van der Waals surface area contributed by atoms with Gasteiger partial charge in [0.1, 0.15) is 0 Å². The average molecular weight is 437 g/mol. The van der Waals surface area contributed by atoms with Gasteiger partial charge in [-0.25, -0.2) is 14.8 Å². The van der Waals surface area contributed by atoms with Crippen LogP contribution in [0.15, 0.2) is 36.5 Å². The van der Waals surface area contributed by atoms with Crippen LogP contribution >= 0.6 is 0 Å². The Hall–Kier alpha value is -2.71. The lowest BCUT2D eigenvalue weighted by Crippen LogP contribution is -2.49. The molecule has 3 aliphatic rings. The zero-order valence-corrected chi connectivity index (χ0v) is 18.7. The van der Waals surface area contributed by atoms with Gasteiger partial charge in [-0.05, 0) is 37.4 Å². The molecular weight excluding hydrogens is 404 g/mol. The molecule has 1 aromatic heterocycles. The quantitative estimate of drug-likeness (QED) is 0.765. The fourth-order valence-corrected chi connectivity index (χ4v) is 5.01. The molecule has 2 aromatic rings. The summed E-state index contributed by atoms with van der Waals surface area (Å²) in [6, 6.07) is 10.9. The average Bonchev–Trinajstić information content (AvgIpc) is 3.19. The zero-order chi connectivity index (χ0) is 21.9. The largest absolute Gasteiger partial charge is 0.381 e. The molecule has 0 bridgehead atoms. The highest BCUT2D eigenvalue weighted by atomic mass is 16.5. The number of hydrogen-bond donors (Lipinski definition) is 2. The number of benzene rings is 1. The van der Waals surface area contributed by atoms with Gasteiger partial charge in [0.05, 0.1) is 18.3 Å². The van der Waals surface area contributed by atoms with Crippen LogP contribution in [0.4, 0.5) is 10.7 Å². The predicted molar refractivity (Wildman–Crippen MR) is 123 cm³/mol. The van der Waals surface area contributed by atoms with Gasteiger partial charge in [-0.15, -0.1) is 0 Å². The molecule has 0 radical (unpaired) electrons. The van der Waals surface area contributed by atoms with Gasteiger partial charge in [-0.3, -0.25) is 0 Å². The van der Waals surface area contributed by atoms with E-state index in [1.165, 1.54) is 5.56 Å². The molecule has 8 nitrogen and oxygen atoms in total. The van der Waals surface area contributed by atoms with E-state index in [2.05, 4.69) is 51.8 Å². The number of likely N-dealkylation sites (N-methyl/N-ethyl adjacent to an activating group) is 1. The Kier molecular flexibility index (Phi) is 6.23. The van der Waals surface area contributed by atoms with Gasteiger partial charge in [0, 0.05) is 51.0 Å². The van der Waals surface area contributed by atoms with Crippen molar-refractivity contribution >= 4 is 12.0 Å². The molecule has 170 valence electrons. The maximum Gasteiger partial charge on any atom is 0.318 e. The molecular formula is C24H32N6O2. The molecule has 4 heterocycles. The van der Waals surface area contributed by atoms with E-state index in [4.69, 9.17) is 9.72 Å². The van der Waals surface area contributed by atoms with Crippen LogP contribution in [-0.2, 0) is 17.7 Å². The van der Waals surface area contributed by atoms with E-state index in [1.807, 2.05) is 17.2 Å². The van der Waals surface area contributed by atoms with Crippen molar-refractivity contribution in [2.75, 3.05) is 45.2 Å². The molecule has 0 unspecified atom stereocenters. The van der Waals surface area contributed by atoms with Crippen LogP contribution < -0.4 is 10.6 Å². The summed E-state index contributed by atoms with van der Waals surface area (Å²) in [4.78, 5) is 26.6. The number of ether oxygens (including phenoxy) is 1. The van der Waals surface area contributed by atoms with Crippen molar-refractivity contribution in [3.05, 3.63) is 53.3 Å². The van der Waals surface area contributed by atoms with Gasteiger partial charge < -0.3 is 25.2 Å². The van der Waals surface area contributed by atoms with Gasteiger partial charge in [0.25, 0.3) is 0 Å².